The number of nitrogens with zero attached hydrogens (tertiary/aromatic N) is 2. The van der Waals surface area contributed by atoms with Crippen LogP contribution in [0, 0.1) is 5.92 Å². The third-order valence-corrected chi connectivity index (χ3v) is 3.00. The van der Waals surface area contributed by atoms with E-state index in [0.717, 1.165) is 24.5 Å². The Labute approximate surface area is 93.7 Å². The number of aromatic nitrogens is 2. The zero-order valence-corrected chi connectivity index (χ0v) is 9.09. The van der Waals surface area contributed by atoms with Crippen molar-refractivity contribution >= 4 is 5.97 Å². The van der Waals surface area contributed by atoms with Crippen molar-refractivity contribution < 1.29 is 15.0 Å². The predicted octanol–water partition coefficient (Wildman–Crippen LogP) is 0.455. The highest BCUT2D eigenvalue weighted by molar-refractivity contribution is 5.70. The fraction of sp³-hybridized carbons (Fsp3) is 0.636. The van der Waals surface area contributed by atoms with Gasteiger partial charge in [-0.15, -0.1) is 0 Å². The molecule has 88 valence electrons. The van der Waals surface area contributed by atoms with Gasteiger partial charge < -0.3 is 14.8 Å². The summed E-state index contributed by atoms with van der Waals surface area (Å²) >= 11 is 0. The van der Waals surface area contributed by atoms with E-state index in [9.17, 15) is 4.79 Å². The van der Waals surface area contributed by atoms with Crippen molar-refractivity contribution in [2.45, 2.75) is 32.2 Å². The molecule has 5 heteroatoms. The normalized spacial score (nSPS) is 19.4. The molecule has 0 spiro atoms. The molecule has 1 atom stereocenters. The van der Waals surface area contributed by atoms with Crippen LogP contribution in [0.3, 0.4) is 0 Å². The Hall–Kier alpha value is -1.36. The van der Waals surface area contributed by atoms with Crippen LogP contribution in [0.4, 0.5) is 0 Å². The number of aliphatic hydroxyl groups excluding tert-OH is 1. The first kappa shape index (κ1) is 11.1. The van der Waals surface area contributed by atoms with E-state index in [1.54, 1.807) is 0 Å². The van der Waals surface area contributed by atoms with Gasteiger partial charge in [0.2, 0.25) is 0 Å². The Morgan fingerprint density at radius 1 is 1.62 bits per heavy atom. The molecule has 0 bridgehead atoms. The topological polar surface area (TPSA) is 75.3 Å². The zero-order chi connectivity index (χ0) is 11.5. The number of aryl methyl sites for hydroxylation is 2. The van der Waals surface area contributed by atoms with Gasteiger partial charge in [-0.3, -0.25) is 4.79 Å². The first-order valence-corrected chi connectivity index (χ1v) is 5.59. The Bertz CT molecular complexity index is 387. The van der Waals surface area contributed by atoms with Gasteiger partial charge in [-0.25, -0.2) is 4.98 Å². The summed E-state index contributed by atoms with van der Waals surface area (Å²) in [6.45, 7) is 0.901. The minimum atomic E-state index is -0.730. The van der Waals surface area contributed by atoms with Gasteiger partial charge in [-0.05, 0) is 19.3 Å². The summed E-state index contributed by atoms with van der Waals surface area (Å²) in [4.78, 5) is 15.3. The molecule has 1 aliphatic rings. The van der Waals surface area contributed by atoms with Crippen molar-refractivity contribution in [3.05, 3.63) is 17.7 Å². The van der Waals surface area contributed by atoms with Gasteiger partial charge in [0.05, 0.1) is 11.6 Å². The molecule has 0 fully saturated rings. The highest BCUT2D eigenvalue weighted by Crippen LogP contribution is 2.20. The van der Waals surface area contributed by atoms with E-state index in [1.165, 1.54) is 0 Å². The lowest BCUT2D eigenvalue weighted by Crippen LogP contribution is -2.25. The zero-order valence-electron chi connectivity index (χ0n) is 9.09. The van der Waals surface area contributed by atoms with E-state index in [1.807, 2.05) is 10.8 Å². The van der Waals surface area contributed by atoms with Crippen molar-refractivity contribution in [2.24, 2.45) is 5.92 Å². The van der Waals surface area contributed by atoms with E-state index in [-0.39, 0.29) is 12.5 Å². The number of carbonyl (C=O) groups is 1. The van der Waals surface area contributed by atoms with E-state index in [2.05, 4.69) is 4.98 Å². The third-order valence-electron chi connectivity index (χ3n) is 3.00. The van der Waals surface area contributed by atoms with Gasteiger partial charge >= 0.3 is 5.97 Å². The first-order chi connectivity index (χ1) is 7.70. The fourth-order valence-electron chi connectivity index (χ4n) is 2.08. The maximum absolute atomic E-state index is 10.9. The number of aliphatic carboxylic acids is 1. The summed E-state index contributed by atoms with van der Waals surface area (Å²) in [7, 11) is 0. The molecule has 0 aromatic carbocycles. The Balaban J connectivity index is 2.07. The number of carboxylic acids is 1. The van der Waals surface area contributed by atoms with Crippen LogP contribution in [-0.2, 0) is 24.2 Å². The van der Waals surface area contributed by atoms with Crippen molar-refractivity contribution in [3.8, 4) is 0 Å². The molecule has 1 aromatic rings. The quantitative estimate of drug-likeness (QED) is 0.778. The Morgan fingerprint density at radius 3 is 3.12 bits per heavy atom. The monoisotopic (exact) mass is 224 g/mol. The molecular formula is C11H16N2O3. The summed E-state index contributed by atoms with van der Waals surface area (Å²) in [6.07, 6.45) is 4.64. The maximum atomic E-state index is 10.9. The maximum Gasteiger partial charge on any atom is 0.307 e. The summed E-state index contributed by atoms with van der Waals surface area (Å²) in [6, 6.07) is 0. The largest absolute Gasteiger partial charge is 0.481 e. The van der Waals surface area contributed by atoms with Crippen LogP contribution in [0.1, 0.15) is 24.4 Å². The first-order valence-electron chi connectivity index (χ1n) is 5.59. The summed E-state index contributed by atoms with van der Waals surface area (Å²) in [5.41, 5.74) is 0.954. The minimum absolute atomic E-state index is 0.167. The number of fused-ring (bicyclic) bond motifs is 1. The summed E-state index contributed by atoms with van der Waals surface area (Å²) in [5, 5.41) is 17.7. The average Bonchev–Trinajstić information content (AvgIpc) is 2.67. The second kappa shape index (κ2) is 4.65. The molecule has 0 radical (unpaired) electrons. The fourth-order valence-corrected chi connectivity index (χ4v) is 2.08. The molecule has 2 heterocycles. The molecule has 1 aromatic heterocycles. The molecule has 1 aliphatic heterocycles. The number of aliphatic hydroxyl groups is 1. The molecule has 0 amide bonds. The van der Waals surface area contributed by atoms with Gasteiger partial charge in [0.1, 0.15) is 5.82 Å². The van der Waals surface area contributed by atoms with Crippen LogP contribution in [-0.4, -0.2) is 32.3 Å². The molecule has 2 N–H and O–H groups in total. The molecule has 1 unspecified atom stereocenters. The summed E-state index contributed by atoms with van der Waals surface area (Å²) in [5.74, 6) is -0.154. The lowest BCUT2D eigenvalue weighted by atomic mass is 9.98. The van der Waals surface area contributed by atoms with Crippen LogP contribution in [0.5, 0.6) is 0 Å². The van der Waals surface area contributed by atoms with Crippen molar-refractivity contribution in [1.82, 2.24) is 9.55 Å². The van der Waals surface area contributed by atoms with Gasteiger partial charge in [-0.2, -0.15) is 0 Å². The van der Waals surface area contributed by atoms with Gasteiger partial charge in [-0.1, -0.05) is 0 Å². The van der Waals surface area contributed by atoms with Crippen LogP contribution in [0.2, 0.25) is 0 Å². The number of hydrogen-bond donors (Lipinski definition) is 2. The molecule has 0 saturated carbocycles. The highest BCUT2D eigenvalue weighted by Gasteiger charge is 2.25. The molecule has 2 rings (SSSR count). The molecule has 0 aliphatic carbocycles. The predicted molar refractivity (Wildman–Crippen MR) is 57.1 cm³/mol. The minimum Gasteiger partial charge on any atom is -0.481 e. The highest BCUT2D eigenvalue weighted by atomic mass is 16.4. The SMILES string of the molecule is O=C(O)C1CCn2cc(CCCO)nc2C1. The van der Waals surface area contributed by atoms with E-state index in [4.69, 9.17) is 10.2 Å². The van der Waals surface area contributed by atoms with E-state index in [0.29, 0.717) is 19.3 Å². The Kier molecular flexibility index (Phi) is 3.24. The number of imidazole rings is 1. The van der Waals surface area contributed by atoms with Crippen molar-refractivity contribution in [3.63, 3.8) is 0 Å². The van der Waals surface area contributed by atoms with Crippen LogP contribution < -0.4 is 0 Å². The average molecular weight is 224 g/mol. The second-order valence-electron chi connectivity index (χ2n) is 4.20. The Morgan fingerprint density at radius 2 is 2.44 bits per heavy atom. The van der Waals surface area contributed by atoms with Crippen molar-refractivity contribution in [2.75, 3.05) is 6.61 Å². The smallest absolute Gasteiger partial charge is 0.307 e. The van der Waals surface area contributed by atoms with E-state index >= 15 is 0 Å². The van der Waals surface area contributed by atoms with Gasteiger partial charge in [0, 0.05) is 25.8 Å². The van der Waals surface area contributed by atoms with Gasteiger partial charge in [0.25, 0.3) is 0 Å². The van der Waals surface area contributed by atoms with E-state index < -0.39 is 5.97 Å². The van der Waals surface area contributed by atoms with Crippen LogP contribution >= 0.6 is 0 Å². The van der Waals surface area contributed by atoms with Crippen LogP contribution in [0.15, 0.2) is 6.20 Å². The number of rotatable bonds is 4. The lowest BCUT2D eigenvalue weighted by Gasteiger charge is -2.19. The third kappa shape index (κ3) is 2.24. The molecule has 0 saturated heterocycles. The molecular weight excluding hydrogens is 208 g/mol. The second-order valence-corrected chi connectivity index (χ2v) is 4.20. The molecule has 16 heavy (non-hydrogen) atoms. The number of carboxylic acid groups (broad SMARTS) is 1. The van der Waals surface area contributed by atoms with Gasteiger partial charge in [0.15, 0.2) is 0 Å². The molecule has 5 nitrogen and oxygen atoms in total. The number of hydrogen-bond acceptors (Lipinski definition) is 3. The standard InChI is InChI=1S/C11H16N2O3/c14-5-1-2-9-7-13-4-3-8(11(15)16)6-10(13)12-9/h7-8,14H,1-6H2,(H,15,16). The summed E-state index contributed by atoms with van der Waals surface area (Å²) < 4.78 is 2.03. The van der Waals surface area contributed by atoms with Crippen molar-refractivity contribution in [1.29, 1.82) is 0 Å². The lowest BCUT2D eigenvalue weighted by molar-refractivity contribution is -0.142. The van der Waals surface area contributed by atoms with Crippen LogP contribution in [0.25, 0.3) is 0 Å².